The van der Waals surface area contributed by atoms with Crippen LogP contribution in [0.2, 0.25) is 0 Å². The molecule has 0 unspecified atom stereocenters. The summed E-state index contributed by atoms with van der Waals surface area (Å²) in [5.41, 5.74) is 2.38. The van der Waals surface area contributed by atoms with Crippen LogP contribution in [0.15, 0.2) is 36.5 Å². The standard InChI is InChI=1S/C16H20N2O/c1-18(10-12-8-15(19)9-12)11-14-5-2-4-13-6-3-7-17-16(13)14/h2-7,12,15,19H,8-11H2,1H3. The molecule has 100 valence electrons. The molecule has 3 nitrogen and oxygen atoms in total. The molecule has 1 heterocycles. The van der Waals surface area contributed by atoms with Gasteiger partial charge in [0.25, 0.3) is 0 Å². The zero-order chi connectivity index (χ0) is 13.2. The number of hydrogen-bond acceptors (Lipinski definition) is 3. The Balaban J connectivity index is 1.70. The van der Waals surface area contributed by atoms with E-state index in [1.54, 1.807) is 0 Å². The molecular formula is C16H20N2O. The van der Waals surface area contributed by atoms with Crippen molar-refractivity contribution in [3.8, 4) is 0 Å². The summed E-state index contributed by atoms with van der Waals surface area (Å²) in [5.74, 6) is 0.655. The second kappa shape index (κ2) is 5.27. The van der Waals surface area contributed by atoms with Gasteiger partial charge >= 0.3 is 0 Å². The Labute approximate surface area is 113 Å². The Bertz CT molecular complexity index is 558. The SMILES string of the molecule is CN(Cc1cccc2cccnc12)CC1CC(O)C1. The number of aliphatic hydroxyl groups is 1. The van der Waals surface area contributed by atoms with Crippen LogP contribution in [0.4, 0.5) is 0 Å². The molecule has 1 aliphatic carbocycles. The third-order valence-electron chi connectivity index (χ3n) is 3.94. The van der Waals surface area contributed by atoms with E-state index in [4.69, 9.17) is 0 Å². The molecule has 0 atom stereocenters. The van der Waals surface area contributed by atoms with Crippen LogP contribution >= 0.6 is 0 Å². The maximum absolute atomic E-state index is 9.33. The van der Waals surface area contributed by atoms with E-state index in [2.05, 4.69) is 41.2 Å². The van der Waals surface area contributed by atoms with Gasteiger partial charge in [-0.2, -0.15) is 0 Å². The number of hydrogen-bond donors (Lipinski definition) is 1. The van der Waals surface area contributed by atoms with Crippen LogP contribution in [-0.4, -0.2) is 34.7 Å². The molecule has 19 heavy (non-hydrogen) atoms. The normalized spacial score (nSPS) is 22.7. The van der Waals surface area contributed by atoms with Crippen molar-refractivity contribution < 1.29 is 5.11 Å². The van der Waals surface area contributed by atoms with E-state index in [1.807, 2.05) is 12.3 Å². The Hall–Kier alpha value is -1.45. The predicted octanol–water partition coefficient (Wildman–Crippen LogP) is 2.44. The van der Waals surface area contributed by atoms with Crippen molar-refractivity contribution in [3.63, 3.8) is 0 Å². The van der Waals surface area contributed by atoms with Gasteiger partial charge in [0.05, 0.1) is 11.6 Å². The van der Waals surface area contributed by atoms with Gasteiger partial charge in [-0.05, 0) is 37.4 Å². The summed E-state index contributed by atoms with van der Waals surface area (Å²) < 4.78 is 0. The molecule has 1 fully saturated rings. The number of aromatic nitrogens is 1. The largest absolute Gasteiger partial charge is 0.393 e. The molecule has 1 N–H and O–H groups in total. The Morgan fingerprint density at radius 1 is 1.26 bits per heavy atom. The molecule has 2 aromatic rings. The van der Waals surface area contributed by atoms with E-state index in [9.17, 15) is 5.11 Å². The molecule has 0 amide bonds. The van der Waals surface area contributed by atoms with Crippen LogP contribution in [0.3, 0.4) is 0 Å². The molecule has 1 saturated carbocycles. The minimum atomic E-state index is -0.0578. The topological polar surface area (TPSA) is 36.4 Å². The second-order valence-corrected chi connectivity index (χ2v) is 5.68. The van der Waals surface area contributed by atoms with Gasteiger partial charge in [-0.3, -0.25) is 4.98 Å². The summed E-state index contributed by atoms with van der Waals surface area (Å²) in [6.07, 6.45) is 3.71. The maximum atomic E-state index is 9.33. The second-order valence-electron chi connectivity index (χ2n) is 5.68. The van der Waals surface area contributed by atoms with E-state index in [1.165, 1.54) is 10.9 Å². The van der Waals surface area contributed by atoms with E-state index >= 15 is 0 Å². The van der Waals surface area contributed by atoms with E-state index in [0.717, 1.165) is 31.4 Å². The molecular weight excluding hydrogens is 236 g/mol. The smallest absolute Gasteiger partial charge is 0.0746 e. The number of fused-ring (bicyclic) bond motifs is 1. The van der Waals surface area contributed by atoms with Crippen molar-refractivity contribution in [1.82, 2.24) is 9.88 Å². The van der Waals surface area contributed by atoms with Crippen molar-refractivity contribution in [3.05, 3.63) is 42.1 Å². The first-order valence-corrected chi connectivity index (χ1v) is 6.91. The highest BCUT2D eigenvalue weighted by atomic mass is 16.3. The lowest BCUT2D eigenvalue weighted by Crippen LogP contribution is -2.36. The number of rotatable bonds is 4. The lowest BCUT2D eigenvalue weighted by atomic mass is 9.82. The summed E-state index contributed by atoms with van der Waals surface area (Å²) in [6.45, 7) is 1.97. The van der Waals surface area contributed by atoms with E-state index in [-0.39, 0.29) is 6.10 Å². The zero-order valence-corrected chi connectivity index (χ0v) is 11.3. The molecule has 0 saturated heterocycles. The molecule has 0 spiro atoms. The maximum Gasteiger partial charge on any atom is 0.0746 e. The summed E-state index contributed by atoms with van der Waals surface area (Å²) in [5, 5.41) is 10.5. The van der Waals surface area contributed by atoms with E-state index < -0.39 is 0 Å². The predicted molar refractivity (Wildman–Crippen MR) is 76.8 cm³/mol. The van der Waals surface area contributed by atoms with Gasteiger partial charge in [0.1, 0.15) is 0 Å². The van der Waals surface area contributed by atoms with Gasteiger partial charge in [0.15, 0.2) is 0 Å². The molecule has 1 aromatic heterocycles. The third kappa shape index (κ3) is 2.77. The molecule has 3 rings (SSSR count). The van der Waals surface area contributed by atoms with Crippen molar-refractivity contribution in [2.45, 2.75) is 25.5 Å². The van der Waals surface area contributed by atoms with Crippen molar-refractivity contribution >= 4 is 10.9 Å². The molecule has 3 heteroatoms. The Kier molecular flexibility index (Phi) is 3.49. The summed E-state index contributed by atoms with van der Waals surface area (Å²) in [7, 11) is 2.15. The fourth-order valence-electron chi connectivity index (χ4n) is 2.94. The highest BCUT2D eigenvalue weighted by Gasteiger charge is 2.27. The molecule has 0 radical (unpaired) electrons. The van der Waals surface area contributed by atoms with Crippen LogP contribution < -0.4 is 0 Å². The van der Waals surface area contributed by atoms with Crippen molar-refractivity contribution in [2.24, 2.45) is 5.92 Å². The van der Waals surface area contributed by atoms with Gasteiger partial charge in [-0.1, -0.05) is 24.3 Å². The minimum Gasteiger partial charge on any atom is -0.393 e. The molecule has 1 aromatic carbocycles. The van der Waals surface area contributed by atoms with Crippen molar-refractivity contribution in [2.75, 3.05) is 13.6 Å². The van der Waals surface area contributed by atoms with Gasteiger partial charge in [0, 0.05) is 24.7 Å². The van der Waals surface area contributed by atoms with Crippen LogP contribution in [0.25, 0.3) is 10.9 Å². The Morgan fingerprint density at radius 2 is 2.05 bits per heavy atom. The van der Waals surface area contributed by atoms with Crippen molar-refractivity contribution in [1.29, 1.82) is 0 Å². The highest BCUT2D eigenvalue weighted by molar-refractivity contribution is 5.81. The number of nitrogens with zero attached hydrogens (tertiary/aromatic N) is 2. The summed E-state index contributed by atoms with van der Waals surface area (Å²) in [6, 6.07) is 10.4. The lowest BCUT2D eigenvalue weighted by Gasteiger charge is -2.34. The minimum absolute atomic E-state index is 0.0578. The first-order chi connectivity index (χ1) is 9.22. The van der Waals surface area contributed by atoms with Gasteiger partial charge in [0.2, 0.25) is 0 Å². The van der Waals surface area contributed by atoms with Gasteiger partial charge in [-0.25, -0.2) is 0 Å². The monoisotopic (exact) mass is 256 g/mol. The first kappa shape index (κ1) is 12.6. The van der Waals surface area contributed by atoms with Crippen LogP contribution in [-0.2, 0) is 6.54 Å². The van der Waals surface area contributed by atoms with Crippen LogP contribution in [0.1, 0.15) is 18.4 Å². The summed E-state index contributed by atoms with van der Waals surface area (Å²) >= 11 is 0. The average molecular weight is 256 g/mol. The number of pyridine rings is 1. The lowest BCUT2D eigenvalue weighted by molar-refractivity contribution is 0.0274. The molecule has 0 bridgehead atoms. The molecule has 1 aliphatic rings. The molecule has 0 aliphatic heterocycles. The summed E-state index contributed by atoms with van der Waals surface area (Å²) in [4.78, 5) is 6.83. The average Bonchev–Trinajstić information content (AvgIpc) is 2.37. The van der Waals surface area contributed by atoms with Crippen LogP contribution in [0.5, 0.6) is 0 Å². The van der Waals surface area contributed by atoms with Crippen LogP contribution in [0, 0.1) is 5.92 Å². The first-order valence-electron chi connectivity index (χ1n) is 6.91. The van der Waals surface area contributed by atoms with Gasteiger partial charge < -0.3 is 10.0 Å². The fourth-order valence-corrected chi connectivity index (χ4v) is 2.94. The number of para-hydroxylation sites is 1. The van der Waals surface area contributed by atoms with Gasteiger partial charge in [-0.15, -0.1) is 0 Å². The van der Waals surface area contributed by atoms with E-state index in [0.29, 0.717) is 5.92 Å². The number of benzene rings is 1. The third-order valence-corrected chi connectivity index (χ3v) is 3.94. The Morgan fingerprint density at radius 3 is 2.84 bits per heavy atom. The number of aliphatic hydroxyl groups excluding tert-OH is 1. The zero-order valence-electron chi connectivity index (χ0n) is 11.3. The fraction of sp³-hybridized carbons (Fsp3) is 0.438. The highest BCUT2D eigenvalue weighted by Crippen LogP contribution is 2.28. The quantitative estimate of drug-likeness (QED) is 0.912.